The molecule has 0 saturated heterocycles. The second kappa shape index (κ2) is 12.4. The summed E-state index contributed by atoms with van der Waals surface area (Å²) in [7, 11) is 16.4. The highest BCUT2D eigenvalue weighted by Crippen LogP contribution is 2.40. The Bertz CT molecular complexity index is 2660. The van der Waals surface area contributed by atoms with Gasteiger partial charge in [0.2, 0.25) is 22.5 Å². The second-order valence-electron chi connectivity index (χ2n) is 13.9. The van der Waals surface area contributed by atoms with Gasteiger partial charge in [0.1, 0.15) is 0 Å². The van der Waals surface area contributed by atoms with Crippen molar-refractivity contribution in [3.63, 3.8) is 0 Å². The van der Waals surface area contributed by atoms with Crippen molar-refractivity contribution in [2.75, 3.05) is 0 Å². The zero-order valence-corrected chi connectivity index (χ0v) is 31.8. The molecule has 0 aliphatic heterocycles. The zero-order chi connectivity index (χ0) is 37.4. The van der Waals surface area contributed by atoms with E-state index in [-0.39, 0.29) is 0 Å². The molecule has 12 heteroatoms. The summed E-state index contributed by atoms with van der Waals surface area (Å²) < 4.78 is 16.9. The molecule has 0 N–H and O–H groups in total. The lowest BCUT2D eigenvalue weighted by Gasteiger charge is -2.08. The van der Waals surface area contributed by atoms with Gasteiger partial charge in [-0.05, 0) is 60.7 Å². The fourth-order valence-corrected chi connectivity index (χ4v) is 7.83. The SMILES string of the molecule is Cn1c(=Nc2cc(N=c3n(C)c4ccccc4n3C)c(N=c3n(C)c4ccccc4n3C)cc2N=c2n(C)c3ccccc3n2C)n(C)c2ccccc21. The maximum Gasteiger partial charge on any atom is 0.210 e. The van der Waals surface area contributed by atoms with Gasteiger partial charge in [-0.25, -0.2) is 20.0 Å². The summed E-state index contributed by atoms with van der Waals surface area (Å²) in [5, 5.41) is 0. The number of fused-ring (bicyclic) bond motifs is 4. The van der Waals surface area contributed by atoms with Crippen LogP contribution in [0, 0.1) is 0 Å². The summed E-state index contributed by atoms with van der Waals surface area (Å²) in [5.41, 5.74) is 14.5. The fraction of sp³-hybridized carbons (Fsp3) is 0.190. The van der Waals surface area contributed by atoms with Crippen molar-refractivity contribution in [1.82, 2.24) is 36.5 Å². The highest BCUT2D eigenvalue weighted by atomic mass is 15.2. The topological polar surface area (TPSA) is 88.9 Å². The maximum absolute atomic E-state index is 5.38. The van der Waals surface area contributed by atoms with Crippen LogP contribution in [0.4, 0.5) is 22.7 Å². The number of para-hydroxylation sites is 8. The van der Waals surface area contributed by atoms with Gasteiger partial charge in [0, 0.05) is 56.4 Å². The Kier molecular flexibility index (Phi) is 7.59. The van der Waals surface area contributed by atoms with E-state index in [0.29, 0.717) is 22.7 Å². The van der Waals surface area contributed by atoms with Crippen molar-refractivity contribution in [2.24, 2.45) is 76.4 Å². The number of hydrogen-bond donors (Lipinski definition) is 0. The van der Waals surface area contributed by atoms with E-state index in [2.05, 4.69) is 134 Å². The van der Waals surface area contributed by atoms with Crippen molar-refractivity contribution in [2.45, 2.75) is 0 Å². The number of nitrogens with zero attached hydrogens (tertiary/aromatic N) is 12. The number of imidazole rings is 4. The van der Waals surface area contributed by atoms with Crippen molar-refractivity contribution < 1.29 is 0 Å². The molecular weight excluding hydrogens is 673 g/mol. The van der Waals surface area contributed by atoms with Crippen LogP contribution in [0.25, 0.3) is 44.1 Å². The predicted octanol–water partition coefficient (Wildman–Crippen LogP) is 5.94. The molecule has 0 saturated carbocycles. The molecule has 12 nitrogen and oxygen atoms in total. The molecule has 0 radical (unpaired) electrons. The van der Waals surface area contributed by atoms with Crippen LogP contribution in [0.15, 0.2) is 129 Å². The second-order valence-corrected chi connectivity index (χ2v) is 13.9. The van der Waals surface area contributed by atoms with Crippen LogP contribution >= 0.6 is 0 Å². The molecule has 270 valence electrons. The minimum absolute atomic E-state index is 0.669. The van der Waals surface area contributed by atoms with Crippen LogP contribution in [-0.4, -0.2) is 36.5 Å². The van der Waals surface area contributed by atoms with E-state index < -0.39 is 0 Å². The predicted molar refractivity (Wildman–Crippen MR) is 215 cm³/mol. The van der Waals surface area contributed by atoms with Gasteiger partial charge in [-0.3, -0.25) is 0 Å². The Morgan fingerprint density at radius 3 is 0.556 bits per heavy atom. The molecule has 4 heterocycles. The van der Waals surface area contributed by atoms with E-state index in [9.17, 15) is 0 Å². The zero-order valence-electron chi connectivity index (χ0n) is 31.8. The first kappa shape index (κ1) is 33.0. The molecule has 0 fully saturated rings. The molecule has 0 aliphatic rings. The summed E-state index contributed by atoms with van der Waals surface area (Å²) in [6.45, 7) is 0. The van der Waals surface area contributed by atoms with Gasteiger partial charge >= 0.3 is 0 Å². The molecule has 0 bridgehead atoms. The van der Waals surface area contributed by atoms with Crippen molar-refractivity contribution >= 4 is 66.9 Å². The average Bonchev–Trinajstić information content (AvgIpc) is 3.78. The summed E-state index contributed by atoms with van der Waals surface area (Å²) >= 11 is 0. The van der Waals surface area contributed by atoms with E-state index in [0.717, 1.165) is 66.6 Å². The normalized spacial score (nSPS) is 11.7. The number of benzene rings is 5. The summed E-state index contributed by atoms with van der Waals surface area (Å²) in [4.78, 5) is 21.5. The van der Waals surface area contributed by atoms with Crippen LogP contribution < -0.4 is 22.5 Å². The lowest BCUT2D eigenvalue weighted by Crippen LogP contribution is -2.23. The van der Waals surface area contributed by atoms with Gasteiger partial charge in [-0.15, -0.1) is 0 Å². The van der Waals surface area contributed by atoms with E-state index in [1.807, 2.05) is 68.5 Å². The van der Waals surface area contributed by atoms with Crippen LogP contribution in [0.5, 0.6) is 0 Å². The molecule has 0 spiro atoms. The highest BCUT2D eigenvalue weighted by Gasteiger charge is 2.16. The van der Waals surface area contributed by atoms with Crippen LogP contribution in [0.2, 0.25) is 0 Å². The number of aromatic nitrogens is 8. The summed E-state index contributed by atoms with van der Waals surface area (Å²) in [5.74, 6) is 0. The van der Waals surface area contributed by atoms with Gasteiger partial charge < -0.3 is 36.5 Å². The minimum Gasteiger partial charge on any atom is -0.313 e. The molecule has 0 unspecified atom stereocenters. The van der Waals surface area contributed by atoms with Gasteiger partial charge in [0.05, 0.1) is 66.9 Å². The van der Waals surface area contributed by atoms with Crippen LogP contribution in [0.3, 0.4) is 0 Å². The van der Waals surface area contributed by atoms with Crippen LogP contribution in [-0.2, 0) is 56.4 Å². The monoisotopic (exact) mass is 714 g/mol. The summed E-state index contributed by atoms with van der Waals surface area (Å²) in [6.07, 6.45) is 0. The first-order valence-electron chi connectivity index (χ1n) is 17.9. The number of rotatable bonds is 4. The van der Waals surface area contributed by atoms with Crippen molar-refractivity contribution in [3.05, 3.63) is 132 Å². The molecule has 9 aromatic rings. The lowest BCUT2D eigenvalue weighted by atomic mass is 10.2. The molecule has 0 aliphatic carbocycles. The third-order valence-electron chi connectivity index (χ3n) is 10.8. The van der Waals surface area contributed by atoms with Gasteiger partial charge in [-0.1, -0.05) is 48.5 Å². The molecule has 4 aromatic heterocycles. The number of aryl methyl sites for hydroxylation is 8. The van der Waals surface area contributed by atoms with E-state index in [1.165, 1.54) is 0 Å². The highest BCUT2D eigenvalue weighted by molar-refractivity contribution is 5.81. The van der Waals surface area contributed by atoms with Crippen LogP contribution in [0.1, 0.15) is 0 Å². The molecule has 54 heavy (non-hydrogen) atoms. The Morgan fingerprint density at radius 1 is 0.259 bits per heavy atom. The molecule has 0 amide bonds. The van der Waals surface area contributed by atoms with Gasteiger partial charge in [0.15, 0.2) is 0 Å². The Hall–Kier alpha value is -6.82. The van der Waals surface area contributed by atoms with Gasteiger partial charge in [0.25, 0.3) is 0 Å². The average molecular weight is 715 g/mol. The Balaban J connectivity index is 1.44. The minimum atomic E-state index is 0.669. The number of hydrogen-bond acceptors (Lipinski definition) is 4. The Labute approximate surface area is 310 Å². The smallest absolute Gasteiger partial charge is 0.210 e. The van der Waals surface area contributed by atoms with E-state index in [4.69, 9.17) is 20.0 Å². The van der Waals surface area contributed by atoms with E-state index >= 15 is 0 Å². The first-order valence-corrected chi connectivity index (χ1v) is 17.9. The molecule has 9 rings (SSSR count). The lowest BCUT2D eigenvalue weighted by molar-refractivity contribution is 0.756. The fourth-order valence-electron chi connectivity index (χ4n) is 7.83. The molecule has 5 aromatic carbocycles. The van der Waals surface area contributed by atoms with Crippen molar-refractivity contribution in [1.29, 1.82) is 0 Å². The Morgan fingerprint density at radius 2 is 0.407 bits per heavy atom. The molecule has 0 atom stereocenters. The van der Waals surface area contributed by atoms with Gasteiger partial charge in [-0.2, -0.15) is 0 Å². The summed E-state index contributed by atoms with van der Waals surface area (Å²) in [6, 6.07) is 37.4. The maximum atomic E-state index is 5.38. The third kappa shape index (κ3) is 4.97. The standard InChI is InChI=1S/C42H42N12/c1-47-31-17-9-10-18-32(31)48(2)39(47)43-27-25-29(45-41-51(5)35-21-13-14-22-36(35)52(41)6)30(46-42-53(7)37-23-15-16-24-38(37)54(42)8)26-28(27)44-40-49(3)33-19-11-12-20-34(33)50(40)4/h9-26H,1-8H3. The third-order valence-corrected chi connectivity index (χ3v) is 10.8. The molecular formula is C42H42N12. The quantitative estimate of drug-likeness (QED) is 0.216. The van der Waals surface area contributed by atoms with Crippen molar-refractivity contribution in [3.8, 4) is 0 Å². The first-order chi connectivity index (χ1) is 26.1. The van der Waals surface area contributed by atoms with E-state index in [1.54, 1.807) is 0 Å². The largest absolute Gasteiger partial charge is 0.313 e.